The molecule has 13 heteroatoms. The second-order valence-electron chi connectivity index (χ2n) is 12.9. The molecule has 3 atom stereocenters. The average molecular weight is 675 g/mol. The van der Waals surface area contributed by atoms with E-state index in [0.717, 1.165) is 23.8 Å². The lowest BCUT2D eigenvalue weighted by atomic mass is 9.96. The van der Waals surface area contributed by atoms with E-state index in [2.05, 4.69) is 4.98 Å². The number of benzene rings is 2. The van der Waals surface area contributed by atoms with Crippen molar-refractivity contribution >= 4 is 45.9 Å². The number of halogens is 4. The van der Waals surface area contributed by atoms with E-state index in [0.29, 0.717) is 16.2 Å². The number of ether oxygens (including phenoxy) is 1. The molecule has 6 rings (SSSR count). The van der Waals surface area contributed by atoms with Crippen molar-refractivity contribution in [1.82, 2.24) is 14.5 Å². The van der Waals surface area contributed by atoms with Gasteiger partial charge in [-0.2, -0.15) is 29.5 Å². The molecule has 1 unspecified atom stereocenters. The summed E-state index contributed by atoms with van der Waals surface area (Å²) in [6, 6.07) is 7.24. The molecule has 0 saturated carbocycles. The Morgan fingerprint density at radius 3 is 2.28 bits per heavy atom. The van der Waals surface area contributed by atoms with Gasteiger partial charge in [-0.05, 0) is 80.8 Å². The number of nitrogens with zero attached hydrogens (tertiary/aromatic N) is 4. The van der Waals surface area contributed by atoms with Crippen molar-refractivity contribution in [3.63, 3.8) is 0 Å². The number of anilines is 1. The van der Waals surface area contributed by atoms with Crippen molar-refractivity contribution < 1.29 is 27.1 Å². The number of thiophene rings is 1. The van der Waals surface area contributed by atoms with Crippen LogP contribution in [0.25, 0.3) is 22.0 Å². The van der Waals surface area contributed by atoms with Crippen molar-refractivity contribution in [3.8, 4) is 11.1 Å². The van der Waals surface area contributed by atoms with E-state index >= 15 is 0 Å². The molecule has 0 N–H and O–H groups in total. The van der Waals surface area contributed by atoms with Gasteiger partial charge in [0, 0.05) is 47.2 Å². The molecule has 0 spiro atoms. The number of carbonyl (C=O) groups excluding carboxylic acids is 1. The van der Waals surface area contributed by atoms with Gasteiger partial charge in [-0.1, -0.05) is 12.1 Å². The van der Waals surface area contributed by atoms with Gasteiger partial charge >= 0.3 is 18.0 Å². The minimum atomic E-state index is -4.76. The van der Waals surface area contributed by atoms with E-state index in [9.17, 15) is 27.2 Å². The number of alkyl halides is 3. The first-order valence-corrected chi connectivity index (χ1v) is 16.9. The second-order valence-corrected chi connectivity index (χ2v) is 14.7. The van der Waals surface area contributed by atoms with E-state index in [1.54, 1.807) is 30.6 Å². The van der Waals surface area contributed by atoms with Crippen LogP contribution in [0, 0.1) is 5.82 Å². The zero-order valence-electron chi connectivity index (χ0n) is 26.0. The van der Waals surface area contributed by atoms with E-state index in [-0.39, 0.29) is 60.0 Å². The highest BCUT2D eigenvalue weighted by Crippen LogP contribution is 2.49. The summed E-state index contributed by atoms with van der Waals surface area (Å²) in [6.07, 6.45) is -5.24. The Morgan fingerprint density at radius 2 is 1.70 bits per heavy atom. The van der Waals surface area contributed by atoms with Gasteiger partial charge in [-0.15, -0.1) is 11.8 Å². The van der Waals surface area contributed by atoms with Crippen molar-refractivity contribution in [1.29, 1.82) is 0 Å². The van der Waals surface area contributed by atoms with Crippen molar-refractivity contribution in [2.24, 2.45) is 0 Å². The molecule has 2 aromatic carbocycles. The number of rotatable bonds is 3. The molecular formula is C33H34F4N4O3S2. The van der Waals surface area contributed by atoms with Gasteiger partial charge in [-0.25, -0.2) is 14.0 Å². The molecule has 244 valence electrons. The van der Waals surface area contributed by atoms with Crippen LogP contribution in [0.5, 0.6) is 0 Å². The maximum atomic E-state index is 15.0. The molecule has 2 aromatic heterocycles. The zero-order valence-corrected chi connectivity index (χ0v) is 27.7. The van der Waals surface area contributed by atoms with Crippen LogP contribution in [0.1, 0.15) is 51.7 Å². The molecule has 1 saturated heterocycles. The largest absolute Gasteiger partial charge is 0.444 e. The van der Waals surface area contributed by atoms with Gasteiger partial charge in [-0.3, -0.25) is 9.47 Å². The fourth-order valence-corrected chi connectivity index (χ4v) is 8.54. The van der Waals surface area contributed by atoms with Crippen LogP contribution >= 0.6 is 23.1 Å². The lowest BCUT2D eigenvalue weighted by Gasteiger charge is -2.45. The molecule has 4 heterocycles. The topological polar surface area (TPSA) is 67.7 Å². The van der Waals surface area contributed by atoms with E-state index < -0.39 is 34.9 Å². The van der Waals surface area contributed by atoms with Crippen LogP contribution < -0.4 is 10.6 Å². The molecule has 0 aliphatic carbocycles. The molecule has 0 bridgehead atoms. The van der Waals surface area contributed by atoms with E-state index in [4.69, 9.17) is 4.74 Å². The molecule has 2 aliphatic rings. The van der Waals surface area contributed by atoms with Crippen molar-refractivity contribution in [3.05, 3.63) is 74.6 Å². The fourth-order valence-electron chi connectivity index (χ4n) is 6.41. The fraction of sp³-hybridized carbons (Fsp3) is 0.424. The average Bonchev–Trinajstić information content (AvgIpc) is 3.41. The second kappa shape index (κ2) is 11.9. The Kier molecular flexibility index (Phi) is 8.37. The third kappa shape index (κ3) is 6.11. The summed E-state index contributed by atoms with van der Waals surface area (Å²) in [6.45, 7) is 9.73. The monoisotopic (exact) mass is 674 g/mol. The summed E-state index contributed by atoms with van der Waals surface area (Å²) < 4.78 is 66.0. The number of aromatic nitrogens is 2. The minimum Gasteiger partial charge on any atom is -0.444 e. The number of piperazine rings is 1. The van der Waals surface area contributed by atoms with Crippen LogP contribution in [0.15, 0.2) is 56.8 Å². The van der Waals surface area contributed by atoms with Crippen molar-refractivity contribution in [2.75, 3.05) is 23.7 Å². The van der Waals surface area contributed by atoms with Crippen LogP contribution in [-0.2, 0) is 17.5 Å². The summed E-state index contributed by atoms with van der Waals surface area (Å²) in [4.78, 5) is 35.1. The van der Waals surface area contributed by atoms with Crippen LogP contribution in [0.4, 0.5) is 28.2 Å². The Balaban J connectivity index is 1.56. The highest BCUT2D eigenvalue weighted by Gasteiger charge is 2.40. The molecular weight excluding hydrogens is 641 g/mol. The first kappa shape index (κ1) is 32.4. The summed E-state index contributed by atoms with van der Waals surface area (Å²) >= 11 is 2.79. The molecule has 2 aliphatic heterocycles. The number of thioether (sulfide) groups is 1. The molecule has 1 amide bonds. The van der Waals surface area contributed by atoms with Gasteiger partial charge < -0.3 is 9.64 Å². The third-order valence-electron chi connectivity index (χ3n) is 8.31. The Hall–Kier alpha value is -3.58. The predicted molar refractivity (Wildman–Crippen MR) is 173 cm³/mol. The maximum absolute atomic E-state index is 15.0. The Labute approximate surface area is 272 Å². The zero-order chi connectivity index (χ0) is 33.1. The first-order chi connectivity index (χ1) is 21.6. The lowest BCUT2D eigenvalue weighted by molar-refractivity contribution is -0.137. The smallest absolute Gasteiger partial charge is 0.417 e. The summed E-state index contributed by atoms with van der Waals surface area (Å²) in [5, 5.41) is 4.12. The first-order valence-electron chi connectivity index (χ1n) is 15.0. The van der Waals surface area contributed by atoms with Gasteiger partial charge in [0.05, 0.1) is 23.2 Å². The van der Waals surface area contributed by atoms with Gasteiger partial charge in [0.25, 0.3) is 0 Å². The van der Waals surface area contributed by atoms with E-state index in [1.807, 2.05) is 30.7 Å². The molecule has 46 heavy (non-hydrogen) atoms. The molecule has 7 nitrogen and oxygen atoms in total. The van der Waals surface area contributed by atoms with Gasteiger partial charge in [0.1, 0.15) is 17.2 Å². The Bertz CT molecular complexity index is 1820. The molecule has 1 fully saturated rings. The van der Waals surface area contributed by atoms with Gasteiger partial charge in [0.15, 0.2) is 0 Å². The van der Waals surface area contributed by atoms with Gasteiger partial charge in [0.2, 0.25) is 0 Å². The maximum Gasteiger partial charge on any atom is 0.417 e. The van der Waals surface area contributed by atoms with Crippen LogP contribution in [-0.4, -0.2) is 57.1 Å². The van der Waals surface area contributed by atoms with Crippen molar-refractivity contribution in [2.45, 2.75) is 75.8 Å². The highest BCUT2D eigenvalue weighted by molar-refractivity contribution is 7.99. The summed E-state index contributed by atoms with van der Waals surface area (Å²) in [5.41, 5.74) is -0.658. The number of hydrogen-bond acceptors (Lipinski definition) is 7. The third-order valence-corrected chi connectivity index (χ3v) is 10.3. The molecule has 4 aromatic rings. The standard InChI is InChI=1S/C33H34F4N4O3S2/c1-18-13-39(14-19(2)41(18)31(43)44-32(3,4)5)29-24-12-25(33(35,36)37)26(20-6-8-23(34)9-7-20)28-27(24)40(30(42)38-29)15-22(17-46-28)21-10-11-45-16-21/h6-12,16,18-19,22H,13-15,17H2,1-5H3/t18-,19+,22?. The lowest BCUT2D eigenvalue weighted by Crippen LogP contribution is -2.59. The summed E-state index contributed by atoms with van der Waals surface area (Å²) in [5.74, 6) is -0.137. The summed E-state index contributed by atoms with van der Waals surface area (Å²) in [7, 11) is 0. The Morgan fingerprint density at radius 1 is 1.02 bits per heavy atom. The minimum absolute atomic E-state index is 0.0854. The van der Waals surface area contributed by atoms with E-state index in [1.165, 1.54) is 39.8 Å². The SMILES string of the molecule is C[C@@H]1CN(c2nc(=O)n3c4c(c(-c5ccc(F)cc5)c(C(F)(F)F)cc24)SCC(c2ccsc2)C3)C[C@H](C)N1C(=O)OC(C)(C)C. The predicted octanol–water partition coefficient (Wildman–Crippen LogP) is 8.01. The normalized spacial score (nSPS) is 20.6. The number of hydrogen-bond donors (Lipinski definition) is 0. The highest BCUT2D eigenvalue weighted by atomic mass is 32.2. The van der Waals surface area contributed by atoms with Crippen LogP contribution in [0.2, 0.25) is 0 Å². The molecule has 0 radical (unpaired) electrons. The quantitative estimate of drug-likeness (QED) is 0.205. The van der Waals surface area contributed by atoms with Crippen LogP contribution in [0.3, 0.4) is 0 Å². The number of carbonyl (C=O) groups is 1. The number of amides is 1.